The molecule has 0 saturated carbocycles. The number of carbonyl (C=O) groups is 2. The smallest absolute Gasteiger partial charge is 0.410 e. The van der Waals surface area contributed by atoms with Crippen molar-refractivity contribution in [1.82, 2.24) is 9.88 Å². The van der Waals surface area contributed by atoms with E-state index >= 15 is 0 Å². The van der Waals surface area contributed by atoms with E-state index in [-0.39, 0.29) is 11.7 Å². The summed E-state index contributed by atoms with van der Waals surface area (Å²) in [7, 11) is 0. The molecule has 1 aliphatic heterocycles. The van der Waals surface area contributed by atoms with E-state index in [1.807, 2.05) is 20.8 Å². The summed E-state index contributed by atoms with van der Waals surface area (Å²) in [4.78, 5) is 31.6. The van der Waals surface area contributed by atoms with E-state index in [0.29, 0.717) is 26.2 Å². The minimum absolute atomic E-state index is 0.262. The molecule has 25 heavy (non-hydrogen) atoms. The van der Waals surface area contributed by atoms with Gasteiger partial charge in [-0.25, -0.2) is 14.6 Å². The van der Waals surface area contributed by atoms with Gasteiger partial charge in [-0.1, -0.05) is 11.3 Å². The van der Waals surface area contributed by atoms with E-state index in [1.54, 1.807) is 23.1 Å². The summed E-state index contributed by atoms with van der Waals surface area (Å²) in [5.41, 5.74) is 0.556. The number of thiazole rings is 1. The molecule has 0 unspecified atom stereocenters. The van der Waals surface area contributed by atoms with Gasteiger partial charge in [0.05, 0.1) is 15.8 Å². The van der Waals surface area contributed by atoms with Gasteiger partial charge in [-0.3, -0.25) is 0 Å². The Morgan fingerprint density at radius 3 is 2.48 bits per heavy atom. The third-order valence-electron chi connectivity index (χ3n) is 3.83. The topological polar surface area (TPSA) is 83.0 Å². The molecular weight excluding hydrogens is 342 g/mol. The molecule has 1 N–H and O–H groups in total. The number of nitrogens with zero attached hydrogens (tertiary/aromatic N) is 3. The largest absolute Gasteiger partial charge is 0.478 e. The summed E-state index contributed by atoms with van der Waals surface area (Å²) < 4.78 is 6.25. The molecule has 1 amide bonds. The van der Waals surface area contributed by atoms with Crippen LogP contribution in [0.1, 0.15) is 31.1 Å². The Morgan fingerprint density at radius 1 is 1.20 bits per heavy atom. The minimum atomic E-state index is -0.942. The molecule has 1 aromatic heterocycles. The molecule has 0 spiro atoms. The lowest BCUT2D eigenvalue weighted by Crippen LogP contribution is -2.50. The van der Waals surface area contributed by atoms with Gasteiger partial charge in [-0.2, -0.15) is 0 Å². The van der Waals surface area contributed by atoms with Crippen molar-refractivity contribution >= 4 is 38.7 Å². The zero-order chi connectivity index (χ0) is 18.2. The van der Waals surface area contributed by atoms with Crippen LogP contribution in [0.15, 0.2) is 18.2 Å². The average molecular weight is 363 g/mol. The lowest BCUT2D eigenvalue weighted by Gasteiger charge is -2.35. The van der Waals surface area contributed by atoms with Crippen LogP contribution < -0.4 is 4.90 Å². The highest BCUT2D eigenvalue weighted by Crippen LogP contribution is 2.30. The van der Waals surface area contributed by atoms with Crippen LogP contribution in [-0.4, -0.2) is 58.8 Å². The van der Waals surface area contributed by atoms with Gasteiger partial charge in [0.1, 0.15) is 5.60 Å². The number of anilines is 1. The highest BCUT2D eigenvalue weighted by atomic mass is 32.1. The quantitative estimate of drug-likeness (QED) is 0.883. The number of hydrogen-bond donors (Lipinski definition) is 1. The number of carboxylic acids is 1. The summed E-state index contributed by atoms with van der Waals surface area (Å²) >= 11 is 1.47. The molecule has 1 fully saturated rings. The van der Waals surface area contributed by atoms with E-state index in [0.717, 1.165) is 15.3 Å². The van der Waals surface area contributed by atoms with Gasteiger partial charge in [-0.15, -0.1) is 0 Å². The number of ether oxygens (including phenoxy) is 1. The fourth-order valence-electron chi connectivity index (χ4n) is 2.59. The molecule has 8 heteroatoms. The summed E-state index contributed by atoms with van der Waals surface area (Å²) in [6.07, 6.45) is -0.289. The van der Waals surface area contributed by atoms with Crippen molar-refractivity contribution in [2.45, 2.75) is 26.4 Å². The maximum Gasteiger partial charge on any atom is 0.410 e. The monoisotopic (exact) mass is 363 g/mol. The van der Waals surface area contributed by atoms with Crippen LogP contribution in [0, 0.1) is 0 Å². The molecule has 7 nitrogen and oxygen atoms in total. The molecule has 1 saturated heterocycles. The number of piperazine rings is 1. The molecule has 0 atom stereocenters. The van der Waals surface area contributed by atoms with Crippen molar-refractivity contribution in [3.8, 4) is 0 Å². The van der Waals surface area contributed by atoms with Gasteiger partial charge in [-0.05, 0) is 39.0 Å². The lowest BCUT2D eigenvalue weighted by molar-refractivity contribution is 0.0240. The first-order valence-electron chi connectivity index (χ1n) is 8.10. The van der Waals surface area contributed by atoms with E-state index in [9.17, 15) is 9.59 Å². The van der Waals surface area contributed by atoms with Crippen LogP contribution in [-0.2, 0) is 4.74 Å². The van der Waals surface area contributed by atoms with E-state index in [2.05, 4.69) is 9.88 Å². The molecule has 134 valence electrons. The van der Waals surface area contributed by atoms with Crippen LogP contribution in [0.4, 0.5) is 9.93 Å². The predicted octanol–water partition coefficient (Wildman–Crippen LogP) is 3.05. The van der Waals surface area contributed by atoms with Crippen LogP contribution >= 0.6 is 11.3 Å². The van der Waals surface area contributed by atoms with Gasteiger partial charge in [0.2, 0.25) is 0 Å². The lowest BCUT2D eigenvalue weighted by atomic mass is 10.2. The first-order valence-corrected chi connectivity index (χ1v) is 8.91. The van der Waals surface area contributed by atoms with E-state index in [4.69, 9.17) is 9.84 Å². The van der Waals surface area contributed by atoms with Gasteiger partial charge in [0, 0.05) is 26.2 Å². The summed E-state index contributed by atoms with van der Waals surface area (Å²) in [5.74, 6) is -0.942. The Labute approximate surface area is 149 Å². The maximum absolute atomic E-state index is 12.1. The summed E-state index contributed by atoms with van der Waals surface area (Å²) in [6.45, 7) is 8.06. The number of benzene rings is 1. The number of amides is 1. The number of aromatic carboxylic acids is 1. The Morgan fingerprint density at radius 2 is 1.88 bits per heavy atom. The third kappa shape index (κ3) is 4.01. The normalized spacial score (nSPS) is 15.5. The Kier molecular flexibility index (Phi) is 4.55. The predicted molar refractivity (Wildman–Crippen MR) is 96.6 cm³/mol. The molecule has 2 heterocycles. The number of rotatable bonds is 2. The molecule has 0 bridgehead atoms. The van der Waals surface area contributed by atoms with Crippen molar-refractivity contribution in [2.75, 3.05) is 31.1 Å². The van der Waals surface area contributed by atoms with Crippen molar-refractivity contribution in [3.63, 3.8) is 0 Å². The molecular formula is C17H21N3O4S. The Bertz CT molecular complexity index is 804. The Balaban J connectivity index is 1.67. The number of aromatic nitrogens is 1. The number of hydrogen-bond acceptors (Lipinski definition) is 6. The van der Waals surface area contributed by atoms with Crippen molar-refractivity contribution in [3.05, 3.63) is 23.8 Å². The van der Waals surface area contributed by atoms with Crippen molar-refractivity contribution in [2.24, 2.45) is 0 Å². The third-order valence-corrected chi connectivity index (χ3v) is 4.90. The van der Waals surface area contributed by atoms with Gasteiger partial charge >= 0.3 is 12.1 Å². The number of fused-ring (bicyclic) bond motifs is 1. The second kappa shape index (κ2) is 6.51. The van der Waals surface area contributed by atoms with Gasteiger partial charge < -0.3 is 19.6 Å². The first-order chi connectivity index (χ1) is 11.7. The Hall–Kier alpha value is -2.35. The van der Waals surface area contributed by atoms with Crippen LogP contribution in [0.3, 0.4) is 0 Å². The zero-order valence-corrected chi connectivity index (χ0v) is 15.3. The van der Waals surface area contributed by atoms with Crippen LogP contribution in [0.25, 0.3) is 10.2 Å². The highest BCUT2D eigenvalue weighted by molar-refractivity contribution is 7.22. The zero-order valence-electron chi connectivity index (χ0n) is 14.5. The fraction of sp³-hybridized carbons (Fsp3) is 0.471. The average Bonchev–Trinajstić information content (AvgIpc) is 2.96. The number of carboxylic acid groups (broad SMARTS) is 1. The van der Waals surface area contributed by atoms with Gasteiger partial charge in [0.15, 0.2) is 5.13 Å². The molecule has 0 aliphatic carbocycles. The van der Waals surface area contributed by atoms with Crippen LogP contribution in [0.2, 0.25) is 0 Å². The first kappa shape index (κ1) is 17.5. The molecule has 1 aromatic carbocycles. The van der Waals surface area contributed by atoms with E-state index < -0.39 is 11.6 Å². The SMILES string of the molecule is CC(C)(C)OC(=O)N1CCN(c2nc3ccc(C(=O)O)cc3s2)CC1. The number of carbonyl (C=O) groups excluding carboxylic acids is 1. The molecule has 3 rings (SSSR count). The van der Waals surface area contributed by atoms with E-state index in [1.165, 1.54) is 11.3 Å². The summed E-state index contributed by atoms with van der Waals surface area (Å²) in [6, 6.07) is 4.94. The standard InChI is InChI=1S/C17H21N3O4S/c1-17(2,3)24-16(23)20-8-6-19(7-9-20)15-18-12-5-4-11(14(21)22)10-13(12)25-15/h4-5,10H,6-9H2,1-3H3,(H,21,22). The van der Waals surface area contributed by atoms with Crippen LogP contribution in [0.5, 0.6) is 0 Å². The second-order valence-corrected chi connectivity index (χ2v) is 7.95. The molecule has 1 aliphatic rings. The highest BCUT2D eigenvalue weighted by Gasteiger charge is 2.27. The maximum atomic E-state index is 12.1. The molecule has 2 aromatic rings. The van der Waals surface area contributed by atoms with Crippen molar-refractivity contribution in [1.29, 1.82) is 0 Å². The van der Waals surface area contributed by atoms with Gasteiger partial charge in [0.25, 0.3) is 0 Å². The molecule has 0 radical (unpaired) electrons. The van der Waals surface area contributed by atoms with Crippen molar-refractivity contribution < 1.29 is 19.4 Å². The summed E-state index contributed by atoms with van der Waals surface area (Å²) in [5, 5.41) is 9.93. The minimum Gasteiger partial charge on any atom is -0.478 e. The second-order valence-electron chi connectivity index (χ2n) is 6.94. The fourth-order valence-corrected chi connectivity index (χ4v) is 3.64.